The maximum absolute atomic E-state index is 5.51. The monoisotopic (exact) mass is 460 g/mol. The van der Waals surface area contributed by atoms with Gasteiger partial charge in [0.05, 0.1) is 30.6 Å². The highest BCUT2D eigenvalue weighted by atomic mass is 16.5. The first-order valence-electron chi connectivity index (χ1n) is 12.5. The van der Waals surface area contributed by atoms with E-state index >= 15 is 0 Å². The van der Waals surface area contributed by atoms with Crippen molar-refractivity contribution in [3.8, 4) is 11.3 Å². The Bertz CT molecular complexity index is 1300. The van der Waals surface area contributed by atoms with Gasteiger partial charge in [-0.05, 0) is 57.7 Å². The van der Waals surface area contributed by atoms with Crippen LogP contribution >= 0.6 is 0 Å². The van der Waals surface area contributed by atoms with Gasteiger partial charge in [-0.1, -0.05) is 0 Å². The molecule has 178 valence electrons. The average Bonchev–Trinajstić information content (AvgIpc) is 3.44. The molecule has 4 aromatic heterocycles. The predicted octanol–water partition coefficient (Wildman–Crippen LogP) is 3.52. The zero-order valence-electron chi connectivity index (χ0n) is 19.9. The van der Waals surface area contributed by atoms with E-state index in [4.69, 9.17) is 14.8 Å². The topological polar surface area (TPSA) is 85.4 Å². The lowest BCUT2D eigenvalue weighted by atomic mass is 9.90. The van der Waals surface area contributed by atoms with Crippen LogP contribution in [0.25, 0.3) is 27.9 Å². The normalized spacial score (nSPS) is 21.9. The van der Waals surface area contributed by atoms with E-state index in [-0.39, 0.29) is 0 Å². The van der Waals surface area contributed by atoms with Gasteiger partial charge < -0.3 is 14.6 Å². The summed E-state index contributed by atoms with van der Waals surface area (Å²) in [4.78, 5) is 16.8. The summed E-state index contributed by atoms with van der Waals surface area (Å²) in [7, 11) is 0. The third-order valence-corrected chi connectivity index (χ3v) is 7.38. The summed E-state index contributed by atoms with van der Waals surface area (Å²) in [5.74, 6) is 1.68. The van der Waals surface area contributed by atoms with Crippen molar-refractivity contribution < 1.29 is 4.74 Å². The van der Waals surface area contributed by atoms with Crippen molar-refractivity contribution in [3.63, 3.8) is 0 Å². The van der Waals surface area contributed by atoms with Crippen molar-refractivity contribution in [1.82, 2.24) is 34.0 Å². The van der Waals surface area contributed by atoms with E-state index in [2.05, 4.69) is 37.7 Å². The number of pyridine rings is 1. The van der Waals surface area contributed by atoms with Gasteiger partial charge in [0.15, 0.2) is 5.65 Å². The summed E-state index contributed by atoms with van der Waals surface area (Å²) < 4.78 is 9.55. The first-order valence-corrected chi connectivity index (χ1v) is 12.5. The number of nitrogens with zero attached hydrogens (tertiary/aromatic N) is 7. The minimum atomic E-state index is 0.423. The average molecular weight is 461 g/mol. The van der Waals surface area contributed by atoms with E-state index in [1.165, 1.54) is 12.8 Å². The molecule has 4 aromatic rings. The van der Waals surface area contributed by atoms with Gasteiger partial charge in [0.2, 0.25) is 5.95 Å². The van der Waals surface area contributed by atoms with Crippen LogP contribution in [-0.4, -0.2) is 72.4 Å². The Morgan fingerprint density at radius 3 is 2.68 bits per heavy atom. The molecule has 1 saturated carbocycles. The maximum Gasteiger partial charge on any atom is 0.241 e. The quantitative estimate of drug-likeness (QED) is 0.488. The van der Waals surface area contributed by atoms with Crippen molar-refractivity contribution in [2.24, 2.45) is 0 Å². The minimum Gasteiger partial charge on any atom is -0.379 e. The summed E-state index contributed by atoms with van der Waals surface area (Å²) >= 11 is 0. The molecule has 9 heteroatoms. The van der Waals surface area contributed by atoms with Crippen LogP contribution in [-0.2, 0) is 11.3 Å². The lowest BCUT2D eigenvalue weighted by molar-refractivity contribution is 0.00790. The molecule has 0 amide bonds. The van der Waals surface area contributed by atoms with E-state index < -0.39 is 0 Å². The molecule has 0 aromatic carbocycles. The van der Waals surface area contributed by atoms with Crippen molar-refractivity contribution in [1.29, 1.82) is 0 Å². The van der Waals surface area contributed by atoms with E-state index in [0.717, 1.165) is 79.5 Å². The van der Waals surface area contributed by atoms with Crippen LogP contribution in [0.15, 0.2) is 30.6 Å². The van der Waals surface area contributed by atoms with Crippen LogP contribution in [0.5, 0.6) is 0 Å². The molecule has 2 aliphatic rings. The number of nitrogens with one attached hydrogen (secondary N) is 1. The number of aromatic nitrogens is 6. The van der Waals surface area contributed by atoms with Crippen LogP contribution in [0.2, 0.25) is 0 Å². The van der Waals surface area contributed by atoms with E-state index in [1.54, 1.807) is 0 Å². The van der Waals surface area contributed by atoms with Crippen molar-refractivity contribution >= 4 is 22.6 Å². The number of aryl methyl sites for hydroxylation is 2. The van der Waals surface area contributed by atoms with E-state index in [9.17, 15) is 0 Å². The number of ether oxygens (including phenoxy) is 1. The van der Waals surface area contributed by atoms with Crippen LogP contribution in [0.4, 0.5) is 5.95 Å². The van der Waals surface area contributed by atoms with Gasteiger partial charge in [-0.15, -0.1) is 5.10 Å². The van der Waals surface area contributed by atoms with Gasteiger partial charge in [-0.25, -0.2) is 19.5 Å². The highest BCUT2D eigenvalue weighted by Gasteiger charge is 2.27. The zero-order chi connectivity index (χ0) is 23.1. The fourth-order valence-electron chi connectivity index (χ4n) is 5.54. The molecule has 1 aliphatic heterocycles. The summed E-state index contributed by atoms with van der Waals surface area (Å²) in [5, 5.41) is 8.32. The number of imidazole rings is 1. The first-order chi connectivity index (χ1) is 16.7. The Hall–Kier alpha value is -3.04. The third kappa shape index (κ3) is 3.92. The first kappa shape index (κ1) is 21.5. The molecule has 0 spiro atoms. The van der Waals surface area contributed by atoms with Crippen molar-refractivity contribution in [3.05, 3.63) is 36.4 Å². The maximum atomic E-state index is 5.51. The number of fused-ring (bicyclic) bond motifs is 2. The summed E-state index contributed by atoms with van der Waals surface area (Å²) in [5.41, 5.74) is 4.74. The second-order valence-electron chi connectivity index (χ2n) is 9.38. The van der Waals surface area contributed by atoms with Crippen LogP contribution in [0, 0.1) is 6.92 Å². The molecule has 34 heavy (non-hydrogen) atoms. The van der Waals surface area contributed by atoms with Gasteiger partial charge in [0.1, 0.15) is 11.3 Å². The lowest BCUT2D eigenvalue weighted by Crippen LogP contribution is -2.46. The standard InChI is InChI=1S/C25H32N8O/c1-3-32-17(2)27-22-9-8-21(29-24(22)32)20-10-11-33-23(20)16-26-25(30-33)28-18-4-6-19(7-5-18)31-12-14-34-15-13-31/h8-11,16,18-19H,3-7,12-15H2,1-2H3,(H,28,30). The number of hydrogen-bond donors (Lipinski definition) is 1. The largest absolute Gasteiger partial charge is 0.379 e. The lowest BCUT2D eigenvalue weighted by Gasteiger charge is -2.38. The fraction of sp³-hybridized carbons (Fsp3) is 0.520. The van der Waals surface area contributed by atoms with Gasteiger partial charge in [-0.3, -0.25) is 4.90 Å². The summed E-state index contributed by atoms with van der Waals surface area (Å²) in [6.07, 6.45) is 8.62. The van der Waals surface area contributed by atoms with Crippen LogP contribution in [0.3, 0.4) is 0 Å². The van der Waals surface area contributed by atoms with E-state index in [0.29, 0.717) is 18.0 Å². The molecule has 1 aliphatic carbocycles. The molecule has 1 N–H and O–H groups in total. The molecule has 5 heterocycles. The van der Waals surface area contributed by atoms with Gasteiger partial charge in [0, 0.05) is 43.5 Å². The molecule has 0 bridgehead atoms. The number of rotatable bonds is 5. The Labute approximate surface area is 199 Å². The van der Waals surface area contributed by atoms with Gasteiger partial charge in [0.25, 0.3) is 0 Å². The molecule has 0 radical (unpaired) electrons. The van der Waals surface area contributed by atoms with Gasteiger partial charge in [-0.2, -0.15) is 0 Å². The highest BCUT2D eigenvalue weighted by molar-refractivity contribution is 5.82. The zero-order valence-corrected chi connectivity index (χ0v) is 19.9. The Morgan fingerprint density at radius 1 is 1.06 bits per heavy atom. The molecule has 9 nitrogen and oxygen atoms in total. The molecule has 6 rings (SSSR count). The van der Waals surface area contributed by atoms with Crippen LogP contribution < -0.4 is 5.32 Å². The predicted molar refractivity (Wildman–Crippen MR) is 132 cm³/mol. The summed E-state index contributed by atoms with van der Waals surface area (Å²) in [6, 6.07) is 7.25. The Morgan fingerprint density at radius 2 is 1.88 bits per heavy atom. The van der Waals surface area contributed by atoms with Crippen molar-refractivity contribution in [2.75, 3.05) is 31.6 Å². The number of anilines is 1. The Balaban J connectivity index is 1.17. The van der Waals surface area contributed by atoms with Crippen LogP contribution in [0.1, 0.15) is 38.4 Å². The molecule has 2 fully saturated rings. The SMILES string of the molecule is CCn1c(C)nc2ccc(-c3ccn4nc(NC5CCC(N6CCOCC6)CC5)ncc34)nc21. The smallest absolute Gasteiger partial charge is 0.241 e. The molecule has 0 atom stereocenters. The third-order valence-electron chi connectivity index (χ3n) is 7.38. The van der Waals surface area contributed by atoms with Gasteiger partial charge >= 0.3 is 0 Å². The minimum absolute atomic E-state index is 0.423. The fourth-order valence-corrected chi connectivity index (χ4v) is 5.54. The number of hydrogen-bond acceptors (Lipinski definition) is 7. The molecular weight excluding hydrogens is 428 g/mol. The Kier molecular flexibility index (Phi) is 5.66. The number of morpholine rings is 1. The molecular formula is C25H32N8O. The molecule has 1 saturated heterocycles. The van der Waals surface area contributed by atoms with Crippen molar-refractivity contribution in [2.45, 2.75) is 58.2 Å². The summed E-state index contributed by atoms with van der Waals surface area (Å²) in [6.45, 7) is 8.87. The van der Waals surface area contributed by atoms with E-state index in [1.807, 2.05) is 36.0 Å². The second-order valence-corrected chi connectivity index (χ2v) is 9.38. The second kappa shape index (κ2) is 8.96. The molecule has 0 unspecified atom stereocenters. The highest BCUT2D eigenvalue weighted by Crippen LogP contribution is 2.28.